The SMILES string of the molecule is O=C1CCC(N2C(=O)c3ccc(NCCCCCC(=O)N4CCC(n5cc(-c6cnc7ccc(N8CCOCC8)cc7n6)cn5)CC4)cc3C2=O)C(=O)N1. The molecule has 1 unspecified atom stereocenters. The molecule has 8 rings (SSSR count). The number of imide groups is 2. The van der Waals surface area contributed by atoms with E-state index in [4.69, 9.17) is 9.72 Å². The Hall–Kier alpha value is -5.70. The third-order valence-electron chi connectivity index (χ3n) is 10.8. The molecule has 0 spiro atoms. The van der Waals surface area contributed by atoms with Gasteiger partial charge in [0.05, 0.1) is 59.5 Å². The number of benzene rings is 2. The molecular formula is C39H43N9O6. The van der Waals surface area contributed by atoms with E-state index in [0.717, 1.165) is 91.3 Å². The van der Waals surface area contributed by atoms with Crippen LogP contribution in [0.2, 0.25) is 0 Å². The molecule has 15 nitrogen and oxygen atoms in total. The van der Waals surface area contributed by atoms with Crippen molar-refractivity contribution in [1.82, 2.24) is 34.9 Å². The first-order valence-corrected chi connectivity index (χ1v) is 18.8. The molecule has 280 valence electrons. The molecule has 2 aromatic carbocycles. The van der Waals surface area contributed by atoms with E-state index < -0.39 is 29.7 Å². The largest absolute Gasteiger partial charge is 0.385 e. The number of likely N-dealkylation sites (tertiary alicyclic amines) is 1. The van der Waals surface area contributed by atoms with Gasteiger partial charge >= 0.3 is 0 Å². The summed E-state index contributed by atoms with van der Waals surface area (Å²) in [4.78, 5) is 77.7. The van der Waals surface area contributed by atoms with Gasteiger partial charge in [0, 0.05) is 68.7 Å². The van der Waals surface area contributed by atoms with Gasteiger partial charge in [-0.3, -0.25) is 43.9 Å². The summed E-state index contributed by atoms with van der Waals surface area (Å²) >= 11 is 0. The number of hydrogen-bond donors (Lipinski definition) is 2. The Labute approximate surface area is 312 Å². The topological polar surface area (TPSA) is 172 Å². The van der Waals surface area contributed by atoms with Crippen LogP contribution in [0.3, 0.4) is 0 Å². The fraction of sp³-hybridized carbons (Fsp3) is 0.436. The second-order valence-corrected chi connectivity index (χ2v) is 14.3. The smallest absolute Gasteiger partial charge is 0.262 e. The molecule has 1 atom stereocenters. The van der Waals surface area contributed by atoms with Crippen LogP contribution in [0.1, 0.15) is 78.1 Å². The van der Waals surface area contributed by atoms with E-state index in [9.17, 15) is 24.0 Å². The third kappa shape index (κ3) is 7.27. The van der Waals surface area contributed by atoms with Gasteiger partial charge in [0.15, 0.2) is 0 Å². The molecule has 4 aliphatic heterocycles. The monoisotopic (exact) mass is 733 g/mol. The van der Waals surface area contributed by atoms with Crippen LogP contribution in [0.4, 0.5) is 11.4 Å². The zero-order chi connectivity index (χ0) is 37.2. The Morgan fingerprint density at radius 3 is 2.50 bits per heavy atom. The van der Waals surface area contributed by atoms with Gasteiger partial charge in [-0.1, -0.05) is 6.42 Å². The number of aromatic nitrogens is 4. The fourth-order valence-electron chi connectivity index (χ4n) is 7.76. The Kier molecular flexibility index (Phi) is 10.0. The highest BCUT2D eigenvalue weighted by molar-refractivity contribution is 6.23. The minimum absolute atomic E-state index is 0.0791. The second kappa shape index (κ2) is 15.3. The molecule has 0 saturated carbocycles. The van der Waals surface area contributed by atoms with Gasteiger partial charge in [-0.2, -0.15) is 5.10 Å². The van der Waals surface area contributed by atoms with E-state index in [1.807, 2.05) is 28.0 Å². The Bertz CT molecular complexity index is 2100. The first kappa shape index (κ1) is 35.3. The number of nitrogens with one attached hydrogen (secondary N) is 2. The van der Waals surface area contributed by atoms with E-state index in [1.165, 1.54) is 0 Å². The molecule has 15 heteroatoms. The number of nitrogens with zero attached hydrogens (tertiary/aromatic N) is 7. The lowest BCUT2D eigenvalue weighted by molar-refractivity contribution is -0.136. The Balaban J connectivity index is 0.762. The standard InChI is InChI=1S/C39H43N9O6/c49-35-10-9-34(37(51)44-35)48-38(52)29-7-5-26(20-30(29)39(48)53)40-13-3-1-2-4-36(50)46-14-11-27(12-15-46)47-24-25(22-42-47)33-23-41-31-8-6-28(21-32(31)43-33)45-16-18-54-19-17-45/h5-8,20-24,27,34,40H,1-4,9-19H2,(H,44,49,51). The predicted molar refractivity (Wildman–Crippen MR) is 199 cm³/mol. The molecule has 4 aromatic rings. The third-order valence-corrected chi connectivity index (χ3v) is 10.8. The number of amides is 5. The van der Waals surface area contributed by atoms with E-state index in [-0.39, 0.29) is 35.9 Å². The number of anilines is 2. The number of unbranched alkanes of at least 4 members (excludes halogenated alkanes) is 2. The summed E-state index contributed by atoms with van der Waals surface area (Å²) in [7, 11) is 0. The van der Waals surface area contributed by atoms with Crippen LogP contribution in [-0.4, -0.2) is 111 Å². The summed E-state index contributed by atoms with van der Waals surface area (Å²) < 4.78 is 7.50. The molecule has 2 N–H and O–H groups in total. The number of rotatable bonds is 11. The van der Waals surface area contributed by atoms with Crippen molar-refractivity contribution in [2.45, 2.75) is 63.5 Å². The lowest BCUT2D eigenvalue weighted by Crippen LogP contribution is -2.54. The van der Waals surface area contributed by atoms with E-state index in [0.29, 0.717) is 31.7 Å². The highest BCUT2D eigenvalue weighted by atomic mass is 16.5. The number of morpholine rings is 1. The van der Waals surface area contributed by atoms with Gasteiger partial charge in [0.25, 0.3) is 11.8 Å². The molecule has 54 heavy (non-hydrogen) atoms. The van der Waals surface area contributed by atoms with Crippen LogP contribution in [0.25, 0.3) is 22.3 Å². The normalized spacial score (nSPS) is 19.4. The van der Waals surface area contributed by atoms with Gasteiger partial charge in [-0.15, -0.1) is 0 Å². The molecule has 3 fully saturated rings. The van der Waals surface area contributed by atoms with Gasteiger partial charge in [-0.25, -0.2) is 4.98 Å². The molecule has 5 amide bonds. The van der Waals surface area contributed by atoms with Crippen molar-refractivity contribution in [2.75, 3.05) is 56.2 Å². The quantitative estimate of drug-likeness (QED) is 0.171. The van der Waals surface area contributed by atoms with E-state index in [1.54, 1.807) is 24.4 Å². The summed E-state index contributed by atoms with van der Waals surface area (Å²) in [5, 5.41) is 10.2. The molecule has 6 heterocycles. The van der Waals surface area contributed by atoms with E-state index >= 15 is 0 Å². The fourth-order valence-corrected chi connectivity index (χ4v) is 7.76. The highest BCUT2D eigenvalue weighted by Gasteiger charge is 2.44. The number of carbonyl (C=O) groups is 5. The molecular weight excluding hydrogens is 690 g/mol. The summed E-state index contributed by atoms with van der Waals surface area (Å²) in [6.45, 7) is 5.21. The number of fused-ring (bicyclic) bond motifs is 2. The lowest BCUT2D eigenvalue weighted by Gasteiger charge is -2.32. The van der Waals surface area contributed by atoms with Gasteiger partial charge in [-0.05, 0) is 68.5 Å². The Morgan fingerprint density at radius 1 is 0.870 bits per heavy atom. The van der Waals surface area contributed by atoms with Gasteiger partial charge in [0.2, 0.25) is 17.7 Å². The van der Waals surface area contributed by atoms with Crippen molar-refractivity contribution in [3.8, 4) is 11.3 Å². The van der Waals surface area contributed by atoms with Crippen LogP contribution < -0.4 is 15.5 Å². The van der Waals surface area contributed by atoms with Crippen molar-refractivity contribution in [3.05, 3.63) is 66.1 Å². The van der Waals surface area contributed by atoms with Crippen LogP contribution in [0.5, 0.6) is 0 Å². The van der Waals surface area contributed by atoms with Crippen LogP contribution in [0.15, 0.2) is 55.0 Å². The summed E-state index contributed by atoms with van der Waals surface area (Å²) in [5.74, 6) is -1.91. The zero-order valence-electron chi connectivity index (χ0n) is 30.0. The Morgan fingerprint density at radius 2 is 1.69 bits per heavy atom. The first-order chi connectivity index (χ1) is 26.3. The van der Waals surface area contributed by atoms with Crippen molar-refractivity contribution in [1.29, 1.82) is 0 Å². The predicted octanol–water partition coefficient (Wildman–Crippen LogP) is 3.57. The molecule has 0 aliphatic carbocycles. The number of hydrogen-bond acceptors (Lipinski definition) is 11. The van der Waals surface area contributed by atoms with Gasteiger partial charge < -0.3 is 19.9 Å². The minimum Gasteiger partial charge on any atom is -0.385 e. The number of piperidine rings is 2. The van der Waals surface area contributed by atoms with Crippen molar-refractivity contribution in [3.63, 3.8) is 0 Å². The molecule has 0 radical (unpaired) electrons. The second-order valence-electron chi connectivity index (χ2n) is 14.3. The zero-order valence-corrected chi connectivity index (χ0v) is 30.0. The van der Waals surface area contributed by atoms with Gasteiger partial charge in [0.1, 0.15) is 6.04 Å². The average molecular weight is 734 g/mol. The summed E-state index contributed by atoms with van der Waals surface area (Å²) in [6, 6.07) is 10.4. The van der Waals surface area contributed by atoms with Crippen molar-refractivity contribution in [2.24, 2.45) is 0 Å². The van der Waals surface area contributed by atoms with Crippen molar-refractivity contribution >= 4 is 51.9 Å². The lowest BCUT2D eigenvalue weighted by atomic mass is 10.0. The minimum atomic E-state index is -0.988. The molecule has 0 bridgehead atoms. The number of carbonyl (C=O) groups excluding carboxylic acids is 5. The average Bonchev–Trinajstić information content (AvgIpc) is 3.79. The summed E-state index contributed by atoms with van der Waals surface area (Å²) in [6.07, 6.45) is 10.5. The molecule has 2 aromatic heterocycles. The summed E-state index contributed by atoms with van der Waals surface area (Å²) in [5.41, 5.74) is 5.74. The maximum atomic E-state index is 13.1. The van der Waals surface area contributed by atoms with Crippen LogP contribution >= 0.6 is 0 Å². The highest BCUT2D eigenvalue weighted by Crippen LogP contribution is 2.30. The first-order valence-electron chi connectivity index (χ1n) is 18.8. The molecule has 3 saturated heterocycles. The number of ether oxygens (including phenoxy) is 1. The maximum absolute atomic E-state index is 13.1. The van der Waals surface area contributed by atoms with E-state index in [2.05, 4.69) is 37.7 Å². The van der Waals surface area contributed by atoms with Crippen molar-refractivity contribution < 1.29 is 28.7 Å². The van der Waals surface area contributed by atoms with Crippen LogP contribution in [-0.2, 0) is 19.1 Å². The van der Waals surface area contributed by atoms with Crippen LogP contribution in [0, 0.1) is 0 Å². The molecule has 4 aliphatic rings. The maximum Gasteiger partial charge on any atom is 0.262 e.